The Hall–Kier alpha value is -4.08. The molecular formula is C30H28ClN5O3S. The summed E-state index contributed by atoms with van der Waals surface area (Å²) in [6, 6.07) is 15.9. The fourth-order valence-corrected chi connectivity index (χ4v) is 6.41. The standard InChI is InChI=1S/C27H25N5O2S.C3H3ClO/c1-2-24(33)31-14-11-27(17-31)15-19(16-27)32-21-6-4-3-5-20(21)29-26(32)30-25(34)23-8-7-22(35-23)18-9-12-28-13-10-18;1-2-3(4)5/h2-10,12-13,19H,1,11,14-17H2,(H,29,30,34);2H,1H2. The summed E-state index contributed by atoms with van der Waals surface area (Å²) in [6.45, 7) is 8.26. The van der Waals surface area contributed by atoms with Crippen LogP contribution in [0, 0.1) is 5.41 Å². The van der Waals surface area contributed by atoms with Crippen molar-refractivity contribution in [1.82, 2.24) is 19.4 Å². The van der Waals surface area contributed by atoms with Gasteiger partial charge in [0.1, 0.15) is 0 Å². The van der Waals surface area contributed by atoms with E-state index in [0.29, 0.717) is 10.8 Å². The smallest absolute Gasteiger partial charge is 0.268 e. The Labute approximate surface area is 241 Å². The maximum absolute atomic E-state index is 13.2. The molecule has 1 saturated heterocycles. The molecule has 0 unspecified atom stereocenters. The van der Waals surface area contributed by atoms with Crippen LogP contribution in [0.5, 0.6) is 0 Å². The molecule has 40 heavy (non-hydrogen) atoms. The number of benzene rings is 1. The fourth-order valence-electron chi connectivity index (χ4n) is 5.50. The minimum absolute atomic E-state index is 0.00782. The van der Waals surface area contributed by atoms with E-state index < -0.39 is 5.24 Å². The Morgan fingerprint density at radius 3 is 2.48 bits per heavy atom. The number of nitrogens with one attached hydrogen (secondary N) is 1. The van der Waals surface area contributed by atoms with Crippen molar-refractivity contribution in [3.8, 4) is 10.4 Å². The molecule has 1 aromatic carbocycles. The van der Waals surface area contributed by atoms with E-state index in [1.807, 2.05) is 47.4 Å². The van der Waals surface area contributed by atoms with Crippen molar-refractivity contribution in [3.63, 3.8) is 0 Å². The molecule has 0 radical (unpaired) electrons. The lowest BCUT2D eigenvalue weighted by atomic mass is 9.65. The third kappa shape index (κ3) is 5.61. The van der Waals surface area contributed by atoms with E-state index in [2.05, 4.69) is 34.1 Å². The van der Waals surface area contributed by atoms with E-state index in [1.165, 1.54) is 17.4 Å². The van der Waals surface area contributed by atoms with E-state index in [0.717, 1.165) is 59.9 Å². The molecule has 8 nitrogen and oxygen atoms in total. The first-order valence-electron chi connectivity index (χ1n) is 12.8. The number of allylic oxidation sites excluding steroid dienone is 1. The Morgan fingerprint density at radius 2 is 1.77 bits per heavy atom. The number of nitrogens with zero attached hydrogens (tertiary/aromatic N) is 4. The van der Waals surface area contributed by atoms with Crippen LogP contribution in [0.3, 0.4) is 0 Å². The number of para-hydroxylation sites is 2. The van der Waals surface area contributed by atoms with Gasteiger partial charge in [0.2, 0.25) is 17.1 Å². The van der Waals surface area contributed by atoms with Gasteiger partial charge in [0, 0.05) is 36.4 Å². The molecule has 1 N–H and O–H groups in total. The van der Waals surface area contributed by atoms with Crippen molar-refractivity contribution in [1.29, 1.82) is 0 Å². The van der Waals surface area contributed by atoms with Crippen LogP contribution in [0.25, 0.3) is 21.5 Å². The number of carbonyl (C=O) groups excluding carboxylic acids is 3. The summed E-state index contributed by atoms with van der Waals surface area (Å²) in [5, 5.41) is 2.57. The number of likely N-dealkylation sites (tertiary alicyclic amines) is 1. The van der Waals surface area contributed by atoms with Gasteiger partial charge in [-0.3, -0.25) is 24.7 Å². The highest BCUT2D eigenvalue weighted by atomic mass is 35.5. The Kier molecular flexibility index (Phi) is 7.95. The number of carbonyl (C=O) groups is 3. The summed E-state index contributed by atoms with van der Waals surface area (Å²) < 4.78 is 2.17. The molecule has 4 aromatic rings. The highest BCUT2D eigenvalue weighted by molar-refractivity contribution is 7.17. The summed E-state index contributed by atoms with van der Waals surface area (Å²) in [7, 11) is 0. The lowest BCUT2D eigenvalue weighted by Gasteiger charge is -2.46. The van der Waals surface area contributed by atoms with Crippen molar-refractivity contribution in [2.75, 3.05) is 18.4 Å². The summed E-state index contributed by atoms with van der Waals surface area (Å²) in [5.74, 6) is 0.421. The highest BCUT2D eigenvalue weighted by Gasteiger charge is 2.50. The molecule has 204 valence electrons. The number of hydrogen-bond acceptors (Lipinski definition) is 6. The predicted octanol–water partition coefficient (Wildman–Crippen LogP) is 6.09. The molecule has 2 amide bonds. The molecule has 1 aliphatic heterocycles. The van der Waals surface area contributed by atoms with Gasteiger partial charge >= 0.3 is 0 Å². The molecule has 2 fully saturated rings. The molecular weight excluding hydrogens is 546 g/mol. The van der Waals surface area contributed by atoms with Gasteiger partial charge in [0.15, 0.2) is 0 Å². The topological polar surface area (TPSA) is 97.2 Å². The predicted molar refractivity (Wildman–Crippen MR) is 158 cm³/mol. The Bertz CT molecular complexity index is 1590. The lowest BCUT2D eigenvalue weighted by Crippen LogP contribution is -2.42. The van der Waals surface area contributed by atoms with Gasteiger partial charge in [0.05, 0.1) is 15.9 Å². The van der Waals surface area contributed by atoms with Gasteiger partial charge in [-0.2, -0.15) is 0 Å². The second-order valence-electron chi connectivity index (χ2n) is 9.93. The zero-order chi connectivity index (χ0) is 28.3. The molecule has 1 saturated carbocycles. The van der Waals surface area contributed by atoms with Gasteiger partial charge in [-0.25, -0.2) is 4.98 Å². The van der Waals surface area contributed by atoms with Gasteiger partial charge in [-0.1, -0.05) is 25.3 Å². The molecule has 6 rings (SSSR count). The van der Waals surface area contributed by atoms with Crippen LogP contribution >= 0.6 is 22.9 Å². The van der Waals surface area contributed by atoms with E-state index in [4.69, 9.17) is 16.6 Å². The van der Waals surface area contributed by atoms with Crippen LogP contribution < -0.4 is 5.32 Å². The first kappa shape index (κ1) is 27.5. The number of rotatable bonds is 6. The van der Waals surface area contributed by atoms with Gasteiger partial charge in [-0.15, -0.1) is 11.3 Å². The van der Waals surface area contributed by atoms with Crippen LogP contribution in [0.1, 0.15) is 35.0 Å². The second-order valence-corrected chi connectivity index (χ2v) is 11.4. The number of imidazole rings is 1. The normalized spacial score (nSPS) is 19.4. The lowest BCUT2D eigenvalue weighted by molar-refractivity contribution is -0.125. The van der Waals surface area contributed by atoms with Crippen LogP contribution in [-0.2, 0) is 9.59 Å². The molecule has 4 heterocycles. The number of thiophene rings is 1. The van der Waals surface area contributed by atoms with Crippen molar-refractivity contribution in [2.24, 2.45) is 5.41 Å². The van der Waals surface area contributed by atoms with Crippen LogP contribution in [0.4, 0.5) is 5.95 Å². The highest BCUT2D eigenvalue weighted by Crippen LogP contribution is 2.55. The minimum atomic E-state index is -0.509. The monoisotopic (exact) mass is 573 g/mol. The van der Waals surface area contributed by atoms with Crippen molar-refractivity contribution < 1.29 is 14.4 Å². The Balaban J connectivity index is 0.000000595. The largest absolute Gasteiger partial charge is 0.339 e. The first-order chi connectivity index (χ1) is 19.3. The quantitative estimate of drug-likeness (QED) is 0.222. The molecule has 0 atom stereocenters. The Morgan fingerprint density at radius 1 is 1.05 bits per heavy atom. The number of anilines is 1. The number of hydrogen-bond donors (Lipinski definition) is 1. The fraction of sp³-hybridized carbons (Fsp3) is 0.233. The molecule has 2 aliphatic rings. The first-order valence-corrected chi connectivity index (χ1v) is 14.0. The average Bonchev–Trinajstić information content (AvgIpc) is 3.70. The van der Waals surface area contributed by atoms with Crippen LogP contribution in [0.15, 0.2) is 86.2 Å². The average molecular weight is 574 g/mol. The molecule has 0 bridgehead atoms. The van der Waals surface area contributed by atoms with E-state index in [1.54, 1.807) is 12.4 Å². The van der Waals surface area contributed by atoms with Crippen LogP contribution in [-0.4, -0.2) is 49.6 Å². The van der Waals surface area contributed by atoms with E-state index in [9.17, 15) is 14.4 Å². The van der Waals surface area contributed by atoms with Gasteiger partial charge in [0.25, 0.3) is 5.91 Å². The summed E-state index contributed by atoms with van der Waals surface area (Å²) >= 11 is 6.16. The molecule has 1 aliphatic carbocycles. The van der Waals surface area contributed by atoms with Gasteiger partial charge < -0.3 is 9.47 Å². The molecule has 10 heteroatoms. The number of aromatic nitrogens is 3. The van der Waals surface area contributed by atoms with E-state index in [-0.39, 0.29) is 23.3 Å². The van der Waals surface area contributed by atoms with Crippen molar-refractivity contribution >= 4 is 57.0 Å². The molecule has 3 aromatic heterocycles. The SMILES string of the molecule is C=CC(=O)Cl.C=CC(=O)N1CCC2(CC(n3c(NC(=O)c4ccc(-c5ccncc5)s4)nc4ccccc43)C2)C1. The third-order valence-electron chi connectivity index (χ3n) is 7.40. The third-order valence-corrected chi connectivity index (χ3v) is 8.69. The van der Waals surface area contributed by atoms with Gasteiger partial charge in [-0.05, 0) is 90.4 Å². The number of pyridine rings is 1. The van der Waals surface area contributed by atoms with Crippen LogP contribution in [0.2, 0.25) is 0 Å². The number of amides is 2. The molecule has 1 spiro atoms. The zero-order valence-electron chi connectivity index (χ0n) is 21.8. The zero-order valence-corrected chi connectivity index (χ0v) is 23.3. The maximum Gasteiger partial charge on any atom is 0.268 e. The summed E-state index contributed by atoms with van der Waals surface area (Å²) in [6.07, 6.45) is 8.87. The maximum atomic E-state index is 13.2. The number of fused-ring (bicyclic) bond motifs is 1. The summed E-state index contributed by atoms with van der Waals surface area (Å²) in [5.41, 5.74) is 3.06. The van der Waals surface area contributed by atoms with Crippen molar-refractivity contribution in [2.45, 2.75) is 25.3 Å². The number of halogens is 1. The second kappa shape index (κ2) is 11.6. The van der Waals surface area contributed by atoms with E-state index >= 15 is 0 Å². The minimum Gasteiger partial charge on any atom is -0.339 e. The van der Waals surface area contributed by atoms with Crippen molar-refractivity contribution in [3.05, 3.63) is 91.1 Å². The summed E-state index contributed by atoms with van der Waals surface area (Å²) in [4.78, 5) is 47.1.